The van der Waals surface area contributed by atoms with Crippen molar-refractivity contribution in [2.45, 2.75) is 6.92 Å². The van der Waals surface area contributed by atoms with Gasteiger partial charge in [0.2, 0.25) is 5.91 Å². The lowest BCUT2D eigenvalue weighted by molar-refractivity contribution is -0.384. The van der Waals surface area contributed by atoms with Crippen molar-refractivity contribution in [3.8, 4) is 0 Å². The molecule has 8 heteroatoms. The van der Waals surface area contributed by atoms with E-state index >= 15 is 0 Å². The number of nitro groups is 1. The average Bonchev–Trinajstić information content (AvgIpc) is 2.25. The van der Waals surface area contributed by atoms with E-state index in [0.29, 0.717) is 0 Å². The summed E-state index contributed by atoms with van der Waals surface area (Å²) in [6.45, 7) is 1.23. The number of nitrogens with zero attached hydrogens (tertiary/aromatic N) is 1. The highest BCUT2D eigenvalue weighted by atomic mass is 35.5. The number of nitro benzene ring substituents is 1. The van der Waals surface area contributed by atoms with Crippen LogP contribution < -0.4 is 10.9 Å². The second-order valence-corrected chi connectivity index (χ2v) is 3.47. The number of rotatable bonds is 2. The molecule has 0 radical (unpaired) electrons. The van der Waals surface area contributed by atoms with Crippen LogP contribution >= 0.6 is 11.6 Å². The molecule has 90 valence electrons. The molecule has 2 amide bonds. The summed E-state index contributed by atoms with van der Waals surface area (Å²) in [4.78, 5) is 31.8. The van der Waals surface area contributed by atoms with Gasteiger partial charge in [0.05, 0.1) is 4.92 Å². The highest BCUT2D eigenvalue weighted by Crippen LogP contribution is 2.24. The Hall–Kier alpha value is -2.15. The van der Waals surface area contributed by atoms with E-state index in [-0.39, 0.29) is 16.3 Å². The topological polar surface area (TPSA) is 101 Å². The monoisotopic (exact) mass is 257 g/mol. The molecule has 1 aromatic rings. The standard InChI is InChI=1S/C9H8ClN3O4/c1-5(14)11-12-9(15)6-2-3-8(13(16)17)7(10)4-6/h2-4H,1H3,(H,11,14)(H,12,15). The van der Waals surface area contributed by atoms with Crippen LogP contribution in [0.3, 0.4) is 0 Å². The van der Waals surface area contributed by atoms with Crippen molar-refractivity contribution in [3.05, 3.63) is 38.9 Å². The molecule has 0 bridgehead atoms. The molecule has 0 unspecified atom stereocenters. The van der Waals surface area contributed by atoms with Crippen molar-refractivity contribution in [2.24, 2.45) is 0 Å². The Bertz CT molecular complexity index is 489. The van der Waals surface area contributed by atoms with Crippen LogP contribution in [0.25, 0.3) is 0 Å². The molecule has 2 N–H and O–H groups in total. The number of carbonyl (C=O) groups excluding carboxylic acids is 2. The van der Waals surface area contributed by atoms with Crippen molar-refractivity contribution in [2.75, 3.05) is 0 Å². The van der Waals surface area contributed by atoms with Crippen molar-refractivity contribution in [1.29, 1.82) is 0 Å². The molecule has 0 aliphatic carbocycles. The van der Waals surface area contributed by atoms with Gasteiger partial charge in [-0.25, -0.2) is 0 Å². The molecule has 0 saturated carbocycles. The number of hydrogen-bond acceptors (Lipinski definition) is 4. The van der Waals surface area contributed by atoms with Crippen LogP contribution in [0.4, 0.5) is 5.69 Å². The lowest BCUT2D eigenvalue weighted by Gasteiger charge is -2.05. The minimum atomic E-state index is -0.655. The fraction of sp³-hybridized carbons (Fsp3) is 0.111. The van der Waals surface area contributed by atoms with Crippen LogP contribution in [-0.4, -0.2) is 16.7 Å². The SMILES string of the molecule is CC(=O)NNC(=O)c1ccc([N+](=O)[O-])c(Cl)c1. The number of amides is 2. The van der Waals surface area contributed by atoms with Gasteiger partial charge in [0.1, 0.15) is 5.02 Å². The predicted molar refractivity (Wildman–Crippen MR) is 59.4 cm³/mol. The lowest BCUT2D eigenvalue weighted by atomic mass is 10.2. The van der Waals surface area contributed by atoms with E-state index in [1.165, 1.54) is 13.0 Å². The quantitative estimate of drug-likeness (QED) is 0.610. The molecular weight excluding hydrogens is 250 g/mol. The third kappa shape index (κ3) is 3.42. The van der Waals surface area contributed by atoms with Crippen LogP contribution in [0, 0.1) is 10.1 Å². The second-order valence-electron chi connectivity index (χ2n) is 3.06. The molecule has 0 fully saturated rings. The summed E-state index contributed by atoms with van der Waals surface area (Å²) in [5, 5.41) is 10.3. The molecule has 0 spiro atoms. The van der Waals surface area contributed by atoms with Gasteiger partial charge in [-0.3, -0.25) is 30.6 Å². The molecule has 7 nitrogen and oxygen atoms in total. The molecule has 1 rings (SSSR count). The Morgan fingerprint density at radius 1 is 1.35 bits per heavy atom. The Balaban J connectivity index is 2.86. The predicted octanol–water partition coefficient (Wildman–Crippen LogP) is 1.03. The average molecular weight is 258 g/mol. The summed E-state index contributed by atoms with van der Waals surface area (Å²) in [6.07, 6.45) is 0. The number of halogens is 1. The number of nitrogens with one attached hydrogen (secondary N) is 2. The van der Waals surface area contributed by atoms with E-state index in [2.05, 4.69) is 10.9 Å². The van der Waals surface area contributed by atoms with Crippen molar-refractivity contribution in [1.82, 2.24) is 10.9 Å². The zero-order valence-corrected chi connectivity index (χ0v) is 9.45. The first kappa shape index (κ1) is 12.9. The van der Waals surface area contributed by atoms with Crippen LogP contribution in [0.5, 0.6) is 0 Å². The molecular formula is C9H8ClN3O4. The van der Waals surface area contributed by atoms with Gasteiger partial charge < -0.3 is 0 Å². The van der Waals surface area contributed by atoms with Crippen molar-refractivity contribution in [3.63, 3.8) is 0 Å². The fourth-order valence-corrected chi connectivity index (χ4v) is 1.26. The summed E-state index contributed by atoms with van der Waals surface area (Å²) in [6, 6.07) is 3.50. The van der Waals surface area contributed by atoms with Gasteiger partial charge in [-0.1, -0.05) is 11.6 Å². The van der Waals surface area contributed by atoms with Gasteiger partial charge in [0.25, 0.3) is 11.6 Å². The van der Waals surface area contributed by atoms with Gasteiger partial charge in [0, 0.05) is 18.6 Å². The lowest BCUT2D eigenvalue weighted by Crippen LogP contribution is -2.40. The molecule has 1 aromatic carbocycles. The minimum absolute atomic E-state index is 0.106. The first-order chi connectivity index (χ1) is 7.91. The first-order valence-electron chi connectivity index (χ1n) is 4.42. The van der Waals surface area contributed by atoms with Gasteiger partial charge >= 0.3 is 0 Å². The van der Waals surface area contributed by atoms with Crippen LogP contribution in [-0.2, 0) is 4.79 Å². The van der Waals surface area contributed by atoms with E-state index in [9.17, 15) is 19.7 Å². The Morgan fingerprint density at radius 3 is 2.47 bits per heavy atom. The molecule has 17 heavy (non-hydrogen) atoms. The molecule has 0 atom stereocenters. The fourth-order valence-electron chi connectivity index (χ4n) is 1.01. The van der Waals surface area contributed by atoms with Crippen LogP contribution in [0.1, 0.15) is 17.3 Å². The number of benzene rings is 1. The largest absolute Gasteiger partial charge is 0.287 e. The molecule has 0 aromatic heterocycles. The first-order valence-corrected chi connectivity index (χ1v) is 4.80. The Morgan fingerprint density at radius 2 is 2.00 bits per heavy atom. The van der Waals surface area contributed by atoms with Gasteiger partial charge in [-0.05, 0) is 12.1 Å². The van der Waals surface area contributed by atoms with Crippen molar-refractivity contribution < 1.29 is 14.5 Å². The molecule has 0 aliphatic heterocycles. The summed E-state index contributed by atoms with van der Waals surface area (Å²) in [5.74, 6) is -1.05. The van der Waals surface area contributed by atoms with Gasteiger partial charge in [-0.2, -0.15) is 0 Å². The maximum Gasteiger partial charge on any atom is 0.287 e. The summed E-state index contributed by atoms with van der Waals surface area (Å²) in [5.41, 5.74) is 4.01. The normalized spacial score (nSPS) is 9.53. The molecule has 0 heterocycles. The smallest absolute Gasteiger partial charge is 0.274 e. The zero-order valence-electron chi connectivity index (χ0n) is 8.69. The number of hydrazine groups is 1. The number of carbonyl (C=O) groups is 2. The van der Waals surface area contributed by atoms with E-state index in [0.717, 1.165) is 12.1 Å². The van der Waals surface area contributed by atoms with E-state index in [4.69, 9.17) is 11.6 Å². The van der Waals surface area contributed by atoms with Gasteiger partial charge in [0.15, 0.2) is 0 Å². The maximum atomic E-state index is 11.4. The molecule has 0 aliphatic rings. The third-order valence-corrected chi connectivity index (χ3v) is 2.06. The second kappa shape index (κ2) is 5.26. The summed E-state index contributed by atoms with van der Waals surface area (Å²) < 4.78 is 0. The Kier molecular flexibility index (Phi) is 4.00. The van der Waals surface area contributed by atoms with Gasteiger partial charge in [-0.15, -0.1) is 0 Å². The van der Waals surface area contributed by atoms with Crippen LogP contribution in [0.2, 0.25) is 5.02 Å². The van der Waals surface area contributed by atoms with E-state index in [1.54, 1.807) is 0 Å². The Labute approximate surface area is 101 Å². The maximum absolute atomic E-state index is 11.4. The highest BCUT2D eigenvalue weighted by molar-refractivity contribution is 6.33. The molecule has 0 saturated heterocycles. The summed E-state index contributed by atoms with van der Waals surface area (Å²) in [7, 11) is 0. The van der Waals surface area contributed by atoms with Crippen LogP contribution in [0.15, 0.2) is 18.2 Å². The summed E-state index contributed by atoms with van der Waals surface area (Å²) >= 11 is 5.62. The highest BCUT2D eigenvalue weighted by Gasteiger charge is 2.15. The van der Waals surface area contributed by atoms with E-state index < -0.39 is 16.7 Å². The number of hydrogen-bond donors (Lipinski definition) is 2. The third-order valence-electron chi connectivity index (χ3n) is 1.76. The minimum Gasteiger partial charge on any atom is -0.274 e. The zero-order chi connectivity index (χ0) is 13.0. The van der Waals surface area contributed by atoms with E-state index in [1.807, 2.05) is 0 Å². The van der Waals surface area contributed by atoms with Crippen molar-refractivity contribution >= 4 is 29.1 Å².